The third-order valence-electron chi connectivity index (χ3n) is 3.22. The smallest absolute Gasteiger partial charge is 0.359 e. The number of nitrogens with one attached hydrogen (secondary N) is 1. The predicted molar refractivity (Wildman–Crippen MR) is 80.4 cm³/mol. The van der Waals surface area contributed by atoms with Gasteiger partial charge in [-0.1, -0.05) is 6.07 Å². The zero-order chi connectivity index (χ0) is 18.0. The van der Waals surface area contributed by atoms with E-state index in [1.54, 1.807) is 28.8 Å². The number of anilines is 1. The van der Waals surface area contributed by atoms with Crippen molar-refractivity contribution < 1.29 is 27.5 Å². The summed E-state index contributed by atoms with van der Waals surface area (Å²) in [5.41, 5.74) is -0.0616. The van der Waals surface area contributed by atoms with Crippen LogP contribution in [0.3, 0.4) is 0 Å². The highest BCUT2D eigenvalue weighted by Gasteiger charge is 2.17. The van der Waals surface area contributed by atoms with Gasteiger partial charge in [-0.15, -0.1) is 0 Å². The maximum Gasteiger partial charge on any atom is 0.359 e. The Bertz CT molecular complexity index is 939. The van der Waals surface area contributed by atoms with Crippen molar-refractivity contribution in [2.45, 2.75) is 0 Å². The summed E-state index contributed by atoms with van der Waals surface area (Å²) in [5.74, 6) is -6.40. The molecule has 128 valence electrons. The fourth-order valence-corrected chi connectivity index (χ4v) is 2.05. The molecule has 0 aliphatic heterocycles. The molecule has 0 fully saturated rings. The number of carbonyl (C=O) groups excluding carboxylic acids is 2. The van der Waals surface area contributed by atoms with Gasteiger partial charge in [-0.2, -0.15) is 0 Å². The number of esters is 1. The Morgan fingerprint density at radius 2 is 1.92 bits per heavy atom. The third kappa shape index (κ3) is 3.44. The van der Waals surface area contributed by atoms with Crippen LogP contribution in [-0.2, 0) is 9.53 Å². The molecule has 0 radical (unpaired) electrons. The minimum Gasteiger partial charge on any atom is -0.451 e. The molecule has 3 rings (SSSR count). The summed E-state index contributed by atoms with van der Waals surface area (Å²) in [6.45, 7) is -0.745. The Balaban J connectivity index is 1.62. The molecule has 1 amide bonds. The number of rotatable bonds is 4. The van der Waals surface area contributed by atoms with Crippen LogP contribution in [0.1, 0.15) is 10.5 Å². The fourth-order valence-electron chi connectivity index (χ4n) is 2.05. The molecular weight excluding hydrogens is 339 g/mol. The molecule has 1 N–H and O–H groups in total. The van der Waals surface area contributed by atoms with Gasteiger partial charge in [-0.25, -0.2) is 22.9 Å². The second kappa shape index (κ2) is 6.63. The van der Waals surface area contributed by atoms with Crippen molar-refractivity contribution >= 4 is 23.2 Å². The summed E-state index contributed by atoms with van der Waals surface area (Å²) in [5, 5.41) is 1.99. The first-order chi connectivity index (χ1) is 12.0. The molecule has 2 heterocycles. The summed E-state index contributed by atoms with van der Waals surface area (Å²) >= 11 is 0. The highest BCUT2D eigenvalue weighted by atomic mass is 19.2. The second-order valence-electron chi connectivity index (χ2n) is 4.94. The van der Waals surface area contributed by atoms with Crippen LogP contribution < -0.4 is 5.32 Å². The van der Waals surface area contributed by atoms with Crippen molar-refractivity contribution in [3.8, 4) is 0 Å². The van der Waals surface area contributed by atoms with E-state index in [2.05, 4.69) is 4.98 Å². The average molecular weight is 349 g/mol. The van der Waals surface area contributed by atoms with Gasteiger partial charge in [0.05, 0.1) is 5.69 Å². The van der Waals surface area contributed by atoms with Crippen LogP contribution >= 0.6 is 0 Å². The highest BCUT2D eigenvalue weighted by Crippen LogP contribution is 2.19. The first-order valence-corrected chi connectivity index (χ1v) is 7.00. The lowest BCUT2D eigenvalue weighted by atomic mass is 10.3. The minimum absolute atomic E-state index is 0.0157. The highest BCUT2D eigenvalue weighted by molar-refractivity contribution is 5.95. The normalized spacial score (nSPS) is 10.7. The molecule has 1 aromatic carbocycles. The summed E-state index contributed by atoms with van der Waals surface area (Å²) in [4.78, 5) is 27.6. The number of pyridine rings is 1. The van der Waals surface area contributed by atoms with Gasteiger partial charge in [0, 0.05) is 12.4 Å². The third-order valence-corrected chi connectivity index (χ3v) is 3.22. The maximum absolute atomic E-state index is 13.5. The largest absolute Gasteiger partial charge is 0.451 e. The van der Waals surface area contributed by atoms with E-state index in [0.29, 0.717) is 11.7 Å². The van der Waals surface area contributed by atoms with Crippen molar-refractivity contribution in [1.82, 2.24) is 9.38 Å². The van der Waals surface area contributed by atoms with E-state index in [0.717, 1.165) is 6.07 Å². The number of imidazole rings is 1. The van der Waals surface area contributed by atoms with Crippen LogP contribution in [0.15, 0.2) is 42.7 Å². The van der Waals surface area contributed by atoms with Crippen LogP contribution in [0.2, 0.25) is 0 Å². The zero-order valence-corrected chi connectivity index (χ0v) is 12.5. The molecule has 0 saturated heterocycles. The first kappa shape index (κ1) is 16.5. The molecule has 0 atom stereocenters. The van der Waals surface area contributed by atoms with Gasteiger partial charge in [-0.3, -0.25) is 4.79 Å². The molecule has 0 aliphatic carbocycles. The Morgan fingerprint density at radius 1 is 1.12 bits per heavy atom. The Morgan fingerprint density at radius 3 is 2.68 bits per heavy atom. The number of halogens is 3. The molecule has 9 heteroatoms. The van der Waals surface area contributed by atoms with Crippen molar-refractivity contribution in [2.24, 2.45) is 0 Å². The summed E-state index contributed by atoms with van der Waals surface area (Å²) in [6, 6.07) is 6.68. The van der Waals surface area contributed by atoms with E-state index in [4.69, 9.17) is 4.74 Å². The molecule has 0 unspecified atom stereocenters. The number of fused-ring (bicyclic) bond motifs is 1. The molecular formula is C16H10F3N3O3. The average Bonchev–Trinajstić information content (AvgIpc) is 3.04. The van der Waals surface area contributed by atoms with Crippen LogP contribution in [0, 0.1) is 17.5 Å². The van der Waals surface area contributed by atoms with Crippen molar-refractivity contribution in [3.63, 3.8) is 0 Å². The van der Waals surface area contributed by atoms with Gasteiger partial charge in [0.25, 0.3) is 5.91 Å². The molecule has 0 saturated carbocycles. The van der Waals surface area contributed by atoms with Crippen LogP contribution in [-0.4, -0.2) is 27.9 Å². The molecule has 0 bridgehead atoms. The fraction of sp³-hybridized carbons (Fsp3) is 0.0625. The maximum atomic E-state index is 13.5. The second-order valence-corrected chi connectivity index (χ2v) is 4.94. The molecule has 0 aliphatic rings. The van der Waals surface area contributed by atoms with Crippen molar-refractivity contribution in [2.75, 3.05) is 11.9 Å². The molecule has 3 aromatic rings. The van der Waals surface area contributed by atoms with Crippen molar-refractivity contribution in [3.05, 3.63) is 65.9 Å². The van der Waals surface area contributed by atoms with Crippen LogP contribution in [0.25, 0.3) is 5.65 Å². The summed E-state index contributed by atoms with van der Waals surface area (Å²) in [6.07, 6.45) is 3.10. The SMILES string of the molecule is O=C(COC(=O)c1cn2ccccc2n1)Nc1ccc(F)c(F)c1F. The minimum atomic E-state index is -1.71. The molecule has 25 heavy (non-hydrogen) atoms. The lowest BCUT2D eigenvalue weighted by molar-refractivity contribution is -0.119. The van der Waals surface area contributed by atoms with Gasteiger partial charge >= 0.3 is 5.97 Å². The van der Waals surface area contributed by atoms with Crippen LogP contribution in [0.4, 0.5) is 18.9 Å². The lowest BCUT2D eigenvalue weighted by Gasteiger charge is -2.07. The predicted octanol–water partition coefficient (Wildman–Crippen LogP) is 2.55. The van der Waals surface area contributed by atoms with Gasteiger partial charge < -0.3 is 14.5 Å². The first-order valence-electron chi connectivity index (χ1n) is 7.00. The van der Waals surface area contributed by atoms with E-state index < -0.39 is 41.6 Å². The number of benzene rings is 1. The van der Waals surface area contributed by atoms with E-state index in [-0.39, 0.29) is 5.69 Å². The summed E-state index contributed by atoms with van der Waals surface area (Å²) < 4.78 is 45.7. The van der Waals surface area contributed by atoms with E-state index in [9.17, 15) is 22.8 Å². The van der Waals surface area contributed by atoms with Gasteiger partial charge in [0.1, 0.15) is 5.65 Å². The van der Waals surface area contributed by atoms with E-state index in [1.165, 1.54) is 6.20 Å². The zero-order valence-electron chi connectivity index (χ0n) is 12.5. The Labute approximate surface area is 138 Å². The topological polar surface area (TPSA) is 72.7 Å². The quantitative estimate of drug-likeness (QED) is 0.580. The summed E-state index contributed by atoms with van der Waals surface area (Å²) in [7, 11) is 0. The Hall–Kier alpha value is -3.36. The number of hydrogen-bond acceptors (Lipinski definition) is 4. The van der Waals surface area contributed by atoms with E-state index in [1.807, 2.05) is 5.32 Å². The molecule has 2 aromatic heterocycles. The monoisotopic (exact) mass is 349 g/mol. The molecule has 6 nitrogen and oxygen atoms in total. The van der Waals surface area contributed by atoms with E-state index >= 15 is 0 Å². The Kier molecular flexibility index (Phi) is 4.38. The van der Waals surface area contributed by atoms with Gasteiger partial charge in [-0.05, 0) is 24.3 Å². The van der Waals surface area contributed by atoms with Gasteiger partial charge in [0.15, 0.2) is 29.8 Å². The lowest BCUT2D eigenvalue weighted by Crippen LogP contribution is -2.22. The van der Waals surface area contributed by atoms with Crippen LogP contribution in [0.5, 0.6) is 0 Å². The number of aromatic nitrogens is 2. The van der Waals surface area contributed by atoms with Crippen molar-refractivity contribution in [1.29, 1.82) is 0 Å². The van der Waals surface area contributed by atoms with Gasteiger partial charge in [0.2, 0.25) is 0 Å². The number of hydrogen-bond donors (Lipinski definition) is 1. The number of carbonyl (C=O) groups is 2. The number of amides is 1. The standard InChI is InChI=1S/C16H10F3N3O3/c17-9-4-5-10(15(19)14(9)18)21-13(23)8-25-16(24)11-7-22-6-2-1-3-12(22)20-11/h1-7H,8H2,(H,21,23). The number of ether oxygens (including phenoxy) is 1. The molecule has 0 spiro atoms. The number of nitrogens with zero attached hydrogens (tertiary/aromatic N) is 2.